The molecule has 0 aliphatic rings. The number of nitrogens with one attached hydrogen (secondary N) is 1. The van der Waals surface area contributed by atoms with Crippen LogP contribution in [0.1, 0.15) is 11.1 Å². The van der Waals surface area contributed by atoms with Crippen LogP contribution in [-0.2, 0) is 11.3 Å². The van der Waals surface area contributed by atoms with Crippen molar-refractivity contribution in [2.75, 3.05) is 12.4 Å². The maximum Gasteiger partial charge on any atom is 0.421 e. The third kappa shape index (κ3) is 3.03. The Labute approximate surface area is 116 Å². The second-order valence-corrected chi connectivity index (χ2v) is 4.21. The quantitative estimate of drug-likeness (QED) is 0.922. The fourth-order valence-corrected chi connectivity index (χ4v) is 1.65. The molecule has 1 aromatic heterocycles. The average molecular weight is 273 g/mol. The number of carbonyl (C=O) groups excluding carboxylic acids is 1. The Bertz CT molecular complexity index is 665. The van der Waals surface area contributed by atoms with Crippen molar-refractivity contribution in [3.05, 3.63) is 58.0 Å². The molecule has 0 aliphatic carbocycles. The molecule has 0 amide bonds. The van der Waals surface area contributed by atoms with Crippen LogP contribution < -0.4 is 10.9 Å². The number of aryl methyl sites for hydroxylation is 1. The van der Waals surface area contributed by atoms with Crippen molar-refractivity contribution in [3.8, 4) is 0 Å². The van der Waals surface area contributed by atoms with E-state index >= 15 is 0 Å². The van der Waals surface area contributed by atoms with Crippen LogP contribution in [0.5, 0.6) is 0 Å². The van der Waals surface area contributed by atoms with E-state index in [9.17, 15) is 9.59 Å². The van der Waals surface area contributed by atoms with Gasteiger partial charge in [0.1, 0.15) is 6.61 Å². The predicted molar refractivity (Wildman–Crippen MR) is 74.8 cm³/mol. The molecule has 6 heteroatoms. The van der Waals surface area contributed by atoms with E-state index in [0.29, 0.717) is 5.56 Å². The highest BCUT2D eigenvalue weighted by Gasteiger charge is 2.12. The van der Waals surface area contributed by atoms with Crippen molar-refractivity contribution < 1.29 is 9.53 Å². The second-order valence-electron chi connectivity index (χ2n) is 4.21. The minimum atomic E-state index is -0.589. The first-order valence-electron chi connectivity index (χ1n) is 6.11. The van der Waals surface area contributed by atoms with Crippen molar-refractivity contribution in [2.45, 2.75) is 13.5 Å². The lowest BCUT2D eigenvalue weighted by atomic mass is 10.2. The molecule has 0 unspecified atom stereocenters. The standard InChI is InChI=1S/C14H15N3O3/c1-10-8-17(13(15-2)16-12(10)18)14(19)20-9-11-6-4-3-5-7-11/h3-8H,9H2,1-2H3,(H,15,16,18). The van der Waals surface area contributed by atoms with Crippen LogP contribution in [0.4, 0.5) is 10.7 Å². The Balaban J connectivity index is 2.17. The van der Waals surface area contributed by atoms with Crippen LogP contribution in [0, 0.1) is 6.92 Å². The summed E-state index contributed by atoms with van der Waals surface area (Å²) in [5.41, 5.74) is 0.889. The van der Waals surface area contributed by atoms with E-state index in [0.717, 1.165) is 5.56 Å². The number of benzene rings is 1. The zero-order valence-electron chi connectivity index (χ0n) is 11.3. The molecule has 6 nitrogen and oxygen atoms in total. The smallest absolute Gasteiger partial charge is 0.421 e. The molecule has 2 rings (SSSR count). The van der Waals surface area contributed by atoms with Gasteiger partial charge in [0.05, 0.1) is 0 Å². The fraction of sp³-hybridized carbons (Fsp3) is 0.214. The van der Waals surface area contributed by atoms with Crippen molar-refractivity contribution in [3.63, 3.8) is 0 Å². The van der Waals surface area contributed by atoms with Crippen molar-refractivity contribution in [2.24, 2.45) is 0 Å². The molecule has 0 aliphatic heterocycles. The van der Waals surface area contributed by atoms with Gasteiger partial charge in [0.15, 0.2) is 0 Å². The number of rotatable bonds is 3. The Hall–Kier alpha value is -2.63. The molecule has 0 saturated heterocycles. The van der Waals surface area contributed by atoms with Crippen LogP contribution in [0.3, 0.4) is 0 Å². The maximum atomic E-state index is 12.0. The van der Waals surface area contributed by atoms with E-state index in [1.807, 2.05) is 30.3 Å². The van der Waals surface area contributed by atoms with Gasteiger partial charge in [-0.25, -0.2) is 9.36 Å². The normalized spacial score (nSPS) is 10.1. The molecule has 0 radical (unpaired) electrons. The van der Waals surface area contributed by atoms with Crippen molar-refractivity contribution in [1.82, 2.24) is 9.55 Å². The lowest BCUT2D eigenvalue weighted by Crippen LogP contribution is -2.24. The summed E-state index contributed by atoms with van der Waals surface area (Å²) in [6, 6.07) is 9.35. The van der Waals surface area contributed by atoms with E-state index in [1.165, 1.54) is 10.8 Å². The summed E-state index contributed by atoms with van der Waals surface area (Å²) in [6.45, 7) is 1.75. The Morgan fingerprint density at radius 2 is 2.05 bits per heavy atom. The third-order valence-corrected chi connectivity index (χ3v) is 2.72. The number of hydrogen-bond acceptors (Lipinski definition) is 5. The third-order valence-electron chi connectivity index (χ3n) is 2.72. The average Bonchev–Trinajstić information content (AvgIpc) is 2.48. The highest BCUT2D eigenvalue weighted by Crippen LogP contribution is 2.06. The number of anilines is 1. The van der Waals surface area contributed by atoms with Crippen LogP contribution in [0.15, 0.2) is 41.3 Å². The minimum Gasteiger partial charge on any atom is -0.444 e. The largest absolute Gasteiger partial charge is 0.444 e. The van der Waals surface area contributed by atoms with E-state index in [4.69, 9.17) is 4.74 Å². The first-order valence-corrected chi connectivity index (χ1v) is 6.11. The number of hydrogen-bond donors (Lipinski definition) is 1. The zero-order chi connectivity index (χ0) is 14.5. The molecule has 20 heavy (non-hydrogen) atoms. The van der Waals surface area contributed by atoms with Crippen LogP contribution in [0.25, 0.3) is 0 Å². The molecule has 1 heterocycles. The van der Waals surface area contributed by atoms with E-state index < -0.39 is 6.09 Å². The number of ether oxygens (including phenoxy) is 1. The van der Waals surface area contributed by atoms with Gasteiger partial charge < -0.3 is 10.1 Å². The van der Waals surface area contributed by atoms with Gasteiger partial charge in [0, 0.05) is 18.8 Å². The molecule has 0 bridgehead atoms. The molecule has 0 fully saturated rings. The van der Waals surface area contributed by atoms with Gasteiger partial charge in [-0.3, -0.25) is 4.79 Å². The SMILES string of the molecule is CNc1nc(=O)c(C)cn1C(=O)OCc1ccccc1. The van der Waals surface area contributed by atoms with Gasteiger partial charge in [-0.15, -0.1) is 0 Å². The van der Waals surface area contributed by atoms with Crippen molar-refractivity contribution >= 4 is 12.0 Å². The Morgan fingerprint density at radius 1 is 1.35 bits per heavy atom. The summed E-state index contributed by atoms with van der Waals surface area (Å²) in [5.74, 6) is 0.152. The van der Waals surface area contributed by atoms with E-state index in [1.54, 1.807) is 14.0 Å². The monoisotopic (exact) mass is 273 g/mol. The van der Waals surface area contributed by atoms with Gasteiger partial charge in [0.2, 0.25) is 5.95 Å². The molecule has 104 valence electrons. The molecule has 2 aromatic rings. The van der Waals surface area contributed by atoms with E-state index in [-0.39, 0.29) is 18.1 Å². The summed E-state index contributed by atoms with van der Waals surface area (Å²) in [5, 5.41) is 2.69. The summed E-state index contributed by atoms with van der Waals surface area (Å²) in [4.78, 5) is 27.2. The van der Waals surface area contributed by atoms with Gasteiger partial charge in [-0.1, -0.05) is 30.3 Å². The van der Waals surface area contributed by atoms with Gasteiger partial charge in [-0.2, -0.15) is 4.98 Å². The maximum absolute atomic E-state index is 12.0. The molecular weight excluding hydrogens is 258 g/mol. The van der Waals surface area contributed by atoms with Gasteiger partial charge in [-0.05, 0) is 12.5 Å². The summed E-state index contributed by atoms with van der Waals surface area (Å²) >= 11 is 0. The minimum absolute atomic E-state index is 0.152. The first-order chi connectivity index (χ1) is 9.61. The molecule has 1 aromatic carbocycles. The second kappa shape index (κ2) is 6.01. The van der Waals surface area contributed by atoms with Crippen molar-refractivity contribution in [1.29, 1.82) is 0 Å². The van der Waals surface area contributed by atoms with Crippen LogP contribution in [0.2, 0.25) is 0 Å². The number of nitrogens with zero attached hydrogens (tertiary/aromatic N) is 2. The van der Waals surface area contributed by atoms with Crippen LogP contribution >= 0.6 is 0 Å². The molecule has 0 spiro atoms. The van der Waals surface area contributed by atoms with Crippen LogP contribution in [-0.4, -0.2) is 22.7 Å². The Morgan fingerprint density at radius 3 is 2.70 bits per heavy atom. The topological polar surface area (TPSA) is 73.2 Å². The predicted octanol–water partition coefficient (Wildman–Crippen LogP) is 1.78. The number of aromatic nitrogens is 2. The number of carbonyl (C=O) groups is 1. The zero-order valence-corrected chi connectivity index (χ0v) is 11.3. The summed E-state index contributed by atoms with van der Waals surface area (Å²) < 4.78 is 6.37. The van der Waals surface area contributed by atoms with Gasteiger partial charge in [0.25, 0.3) is 5.56 Å². The fourth-order valence-electron chi connectivity index (χ4n) is 1.65. The molecular formula is C14H15N3O3. The van der Waals surface area contributed by atoms with Gasteiger partial charge >= 0.3 is 6.09 Å². The summed E-state index contributed by atoms with van der Waals surface area (Å²) in [7, 11) is 1.58. The highest BCUT2D eigenvalue weighted by molar-refractivity contribution is 5.73. The first kappa shape index (κ1) is 13.8. The molecule has 0 atom stereocenters. The summed E-state index contributed by atoms with van der Waals surface area (Å²) in [6.07, 6.45) is 0.822. The Kier molecular flexibility index (Phi) is 4.14. The van der Waals surface area contributed by atoms with E-state index in [2.05, 4.69) is 10.3 Å². The molecule has 0 saturated carbocycles. The highest BCUT2D eigenvalue weighted by atomic mass is 16.5. The lowest BCUT2D eigenvalue weighted by molar-refractivity contribution is 0.141. The lowest BCUT2D eigenvalue weighted by Gasteiger charge is -2.11. The molecule has 1 N–H and O–H groups in total.